The predicted octanol–water partition coefficient (Wildman–Crippen LogP) is 39.5. The quantitative estimate of drug-likeness (QED) is 0.0315. The van der Waals surface area contributed by atoms with Crippen LogP contribution in [0, 0.1) is 0 Å². The van der Waals surface area contributed by atoms with E-state index in [0.29, 0.717) is 104 Å². The first-order valence-electron chi connectivity index (χ1n) is 63.3. The summed E-state index contributed by atoms with van der Waals surface area (Å²) in [6.45, 7) is 9.09. The van der Waals surface area contributed by atoms with Gasteiger partial charge in [0, 0.05) is 51.4 Å². The summed E-state index contributed by atoms with van der Waals surface area (Å²) in [5.74, 6) is -0.212. The fourth-order valence-electron chi connectivity index (χ4n) is 19.7. The Morgan fingerprint density at radius 3 is 0.232 bits per heavy atom. The van der Waals surface area contributed by atoms with Crippen molar-refractivity contribution in [1.82, 2.24) is 0 Å². The standard InChI is InChI=1S/C126H238O16/c1-3-5-7-9-11-13-23-39-55-71-87-103-119(127)135-111-95-79-63-47-31-15-17-33-49-65-81-97-113-137-121(129)105-89-73-57-41-25-27-43-59-75-91-107-123(131)139-115-99-83-67-51-35-19-21-37-53-69-85-101-117-141-125(133)109-93-77-61-45-29-30-46-62-78-94-110-126(134)142-118-102-86-70-54-38-22-20-36-52-68-84-100-116-140-124(132)108-92-76-60-44-28-26-42-58-74-90-106-122(130)138-114-98-82-66-50-34-18-16-32-48-64-80-96-112-136-120(128)104-88-72-56-40-24-14-12-10-8-6-4-2/h3-118H2,1-2H3. The third-order valence-corrected chi connectivity index (χ3v) is 29.3. The van der Waals surface area contributed by atoms with Crippen molar-refractivity contribution in [2.24, 2.45) is 0 Å². The molecule has 0 aliphatic rings. The number of rotatable bonds is 123. The maximum absolute atomic E-state index is 12.3. The molecule has 142 heavy (non-hydrogen) atoms. The molecular formula is C126H238O16. The van der Waals surface area contributed by atoms with E-state index >= 15 is 0 Å². The lowest BCUT2D eigenvalue weighted by Crippen LogP contribution is -2.05. The third kappa shape index (κ3) is 121. The van der Waals surface area contributed by atoms with Crippen molar-refractivity contribution in [1.29, 1.82) is 0 Å². The molecule has 0 atom stereocenters. The van der Waals surface area contributed by atoms with Gasteiger partial charge < -0.3 is 37.9 Å². The SMILES string of the molecule is CCCCCCCCCCCCCC(=O)OCCCCCCCCCCCCCCOC(=O)CCCCCCCCCCCCC(=O)OCCCCCCCCCCCCCCOC(=O)CCCCCCCCCCCCC(=O)OCCCCCCCCCCCCCCOC(=O)CCCCCCCCCCCCC(=O)OCCCCCCCCCCCCCCOC(=O)CCCCCCCCCCCCC. The summed E-state index contributed by atoms with van der Waals surface area (Å²) < 4.78 is 44.1. The maximum atomic E-state index is 12.3. The maximum Gasteiger partial charge on any atom is 0.305 e. The smallest absolute Gasteiger partial charge is 0.305 e. The predicted molar refractivity (Wildman–Crippen MR) is 598 cm³/mol. The minimum Gasteiger partial charge on any atom is -0.466 e. The lowest BCUT2D eigenvalue weighted by atomic mass is 10.0. The Labute approximate surface area is 879 Å². The minimum absolute atomic E-state index is 0.00457. The molecule has 16 nitrogen and oxygen atoms in total. The lowest BCUT2D eigenvalue weighted by Gasteiger charge is -2.06. The normalized spacial score (nSPS) is 11.4. The molecule has 0 saturated carbocycles. The molecule has 0 aromatic heterocycles. The van der Waals surface area contributed by atoms with Crippen LogP contribution in [0.3, 0.4) is 0 Å². The largest absolute Gasteiger partial charge is 0.466 e. The monoisotopic (exact) mass is 2010 g/mol. The molecule has 16 heteroatoms. The Balaban J connectivity index is 3.31. The van der Waals surface area contributed by atoms with Gasteiger partial charge in [-0.15, -0.1) is 0 Å². The van der Waals surface area contributed by atoms with Gasteiger partial charge in [-0.2, -0.15) is 0 Å². The molecule has 0 bridgehead atoms. The van der Waals surface area contributed by atoms with E-state index in [4.69, 9.17) is 37.9 Å². The molecular weight excluding hydrogens is 1770 g/mol. The number of esters is 8. The molecule has 0 amide bonds. The van der Waals surface area contributed by atoms with Gasteiger partial charge in [-0.05, 0) is 103 Å². The fraction of sp³-hybridized carbons (Fsp3) is 0.937. The lowest BCUT2D eigenvalue weighted by molar-refractivity contribution is -0.144. The highest BCUT2D eigenvalue weighted by molar-refractivity contribution is 5.71. The van der Waals surface area contributed by atoms with Gasteiger partial charge in [-0.25, -0.2) is 0 Å². The molecule has 838 valence electrons. The first-order valence-corrected chi connectivity index (χ1v) is 63.3. The highest BCUT2D eigenvalue weighted by atomic mass is 16.6. The molecule has 0 heterocycles. The Morgan fingerprint density at radius 1 is 0.0915 bits per heavy atom. The molecule has 0 unspecified atom stereocenters. The Morgan fingerprint density at radius 2 is 0.155 bits per heavy atom. The van der Waals surface area contributed by atoms with Gasteiger partial charge in [-0.3, -0.25) is 38.4 Å². The van der Waals surface area contributed by atoms with Gasteiger partial charge in [0.25, 0.3) is 0 Å². The molecule has 0 N–H and O–H groups in total. The number of ether oxygens (including phenoxy) is 8. The third-order valence-electron chi connectivity index (χ3n) is 29.3. The number of carbonyl (C=O) groups excluding carboxylic acids is 8. The molecule has 0 aliphatic heterocycles. The van der Waals surface area contributed by atoms with Gasteiger partial charge in [0.15, 0.2) is 0 Å². The second-order valence-electron chi connectivity index (χ2n) is 43.4. The number of carbonyl (C=O) groups is 8. The average molecular weight is 2010 g/mol. The summed E-state index contributed by atoms with van der Waals surface area (Å²) in [7, 11) is 0. The average Bonchev–Trinajstić information content (AvgIpc) is 1.07. The molecule has 0 aliphatic carbocycles. The molecule has 0 saturated heterocycles. The van der Waals surface area contributed by atoms with Crippen LogP contribution in [0.1, 0.15) is 707 Å². The van der Waals surface area contributed by atoms with E-state index in [1.807, 2.05) is 0 Å². The van der Waals surface area contributed by atoms with Gasteiger partial charge in [-0.1, -0.05) is 553 Å². The van der Waals surface area contributed by atoms with Crippen molar-refractivity contribution in [3.8, 4) is 0 Å². The van der Waals surface area contributed by atoms with E-state index in [1.165, 1.54) is 437 Å². The van der Waals surface area contributed by atoms with Crippen LogP contribution in [0.4, 0.5) is 0 Å². The topological polar surface area (TPSA) is 210 Å². The molecule has 0 rings (SSSR count). The summed E-state index contributed by atoms with van der Waals surface area (Å²) in [5.41, 5.74) is 0. The zero-order chi connectivity index (χ0) is 102. The van der Waals surface area contributed by atoms with Crippen LogP contribution in [-0.2, 0) is 76.3 Å². The van der Waals surface area contributed by atoms with Crippen LogP contribution in [0.2, 0.25) is 0 Å². The Bertz CT molecular complexity index is 2410. The van der Waals surface area contributed by atoms with Crippen LogP contribution >= 0.6 is 0 Å². The van der Waals surface area contributed by atoms with E-state index in [1.54, 1.807) is 0 Å². The second-order valence-corrected chi connectivity index (χ2v) is 43.4. The number of hydrogen-bond donors (Lipinski definition) is 0. The van der Waals surface area contributed by atoms with Crippen molar-refractivity contribution in [2.45, 2.75) is 707 Å². The molecule has 0 spiro atoms. The van der Waals surface area contributed by atoms with E-state index in [-0.39, 0.29) is 47.8 Å². The van der Waals surface area contributed by atoms with Gasteiger partial charge >= 0.3 is 47.8 Å². The molecule has 0 radical (unpaired) electrons. The van der Waals surface area contributed by atoms with Crippen molar-refractivity contribution in [3.05, 3.63) is 0 Å². The first-order chi connectivity index (χ1) is 70.1. The number of unbranched alkanes of at least 4 members (excludes halogenated alkanes) is 91. The molecule has 0 fully saturated rings. The van der Waals surface area contributed by atoms with Gasteiger partial charge in [0.2, 0.25) is 0 Å². The summed E-state index contributed by atoms with van der Waals surface area (Å²) in [5, 5.41) is 0. The van der Waals surface area contributed by atoms with Crippen molar-refractivity contribution < 1.29 is 76.3 Å². The van der Waals surface area contributed by atoms with Crippen molar-refractivity contribution >= 4 is 47.8 Å². The zero-order valence-corrected chi connectivity index (χ0v) is 94.6. The Kier molecular flexibility index (Phi) is 118. The Hall–Kier alpha value is -4.24. The fourth-order valence-corrected chi connectivity index (χ4v) is 19.7. The van der Waals surface area contributed by atoms with Gasteiger partial charge in [0.1, 0.15) is 0 Å². The van der Waals surface area contributed by atoms with E-state index in [9.17, 15) is 38.4 Å². The van der Waals surface area contributed by atoms with E-state index in [2.05, 4.69) is 13.8 Å². The molecule has 0 aromatic rings. The summed E-state index contributed by atoms with van der Waals surface area (Å²) in [6.07, 6.45) is 125. The minimum atomic E-state index is -0.0363. The highest BCUT2D eigenvalue weighted by Crippen LogP contribution is 2.24. The number of hydrogen-bond acceptors (Lipinski definition) is 16. The van der Waals surface area contributed by atoms with Crippen LogP contribution in [-0.4, -0.2) is 101 Å². The first kappa shape index (κ1) is 138. The second kappa shape index (κ2) is 122. The van der Waals surface area contributed by atoms with Crippen LogP contribution in [0.25, 0.3) is 0 Å². The van der Waals surface area contributed by atoms with Crippen LogP contribution in [0.15, 0.2) is 0 Å². The highest BCUT2D eigenvalue weighted by Gasteiger charge is 2.13. The van der Waals surface area contributed by atoms with Crippen LogP contribution in [0.5, 0.6) is 0 Å². The van der Waals surface area contributed by atoms with Crippen molar-refractivity contribution in [2.75, 3.05) is 52.9 Å². The van der Waals surface area contributed by atoms with Crippen LogP contribution < -0.4 is 0 Å². The van der Waals surface area contributed by atoms with Gasteiger partial charge in [0.05, 0.1) is 52.9 Å². The van der Waals surface area contributed by atoms with Crippen molar-refractivity contribution in [3.63, 3.8) is 0 Å². The zero-order valence-electron chi connectivity index (χ0n) is 94.6. The molecule has 0 aromatic carbocycles. The summed E-state index contributed by atoms with van der Waals surface area (Å²) in [6, 6.07) is 0. The summed E-state index contributed by atoms with van der Waals surface area (Å²) >= 11 is 0. The summed E-state index contributed by atoms with van der Waals surface area (Å²) in [4.78, 5) is 97.6. The van der Waals surface area contributed by atoms with E-state index in [0.717, 1.165) is 205 Å². The van der Waals surface area contributed by atoms with E-state index < -0.39 is 0 Å².